The van der Waals surface area contributed by atoms with Crippen LogP contribution in [-0.4, -0.2) is 22.5 Å². The molecule has 0 saturated carbocycles. The van der Waals surface area contributed by atoms with Crippen molar-refractivity contribution in [2.24, 2.45) is 5.92 Å². The van der Waals surface area contributed by atoms with Crippen LogP contribution in [0.3, 0.4) is 0 Å². The Bertz CT molecular complexity index is 173. The first-order valence-electron chi connectivity index (χ1n) is 7.03. The minimum absolute atomic E-state index is 0.420. The summed E-state index contributed by atoms with van der Waals surface area (Å²) in [6.45, 7) is 14.4. The molecule has 0 N–H and O–H groups in total. The van der Waals surface area contributed by atoms with Crippen LogP contribution >= 0.6 is 0 Å². The van der Waals surface area contributed by atoms with E-state index in [4.69, 9.17) is 8.85 Å². The van der Waals surface area contributed by atoms with Gasteiger partial charge in [-0.2, -0.15) is 0 Å². The number of hydrogen-bond donors (Lipinski definition) is 0. The smallest absolute Gasteiger partial charge is 0.328 e. The summed E-state index contributed by atoms with van der Waals surface area (Å²) >= 11 is 0. The molecular formula is C14H30O2Si. The van der Waals surface area contributed by atoms with Gasteiger partial charge in [-0.05, 0) is 18.8 Å². The van der Waals surface area contributed by atoms with E-state index in [1.165, 1.54) is 12.8 Å². The Morgan fingerprint density at radius 1 is 1.06 bits per heavy atom. The van der Waals surface area contributed by atoms with Gasteiger partial charge in [-0.3, -0.25) is 0 Å². The number of allylic oxidation sites excluding steroid dienone is 1. The second-order valence-corrected chi connectivity index (χ2v) is 7.05. The van der Waals surface area contributed by atoms with Crippen molar-refractivity contribution in [3.63, 3.8) is 0 Å². The van der Waals surface area contributed by atoms with Gasteiger partial charge < -0.3 is 8.85 Å². The number of rotatable bonds is 11. The van der Waals surface area contributed by atoms with Gasteiger partial charge >= 0.3 is 9.28 Å². The van der Waals surface area contributed by atoms with Gasteiger partial charge in [0.05, 0.1) is 0 Å². The van der Waals surface area contributed by atoms with Gasteiger partial charge in [0.2, 0.25) is 0 Å². The lowest BCUT2D eigenvalue weighted by Crippen LogP contribution is -2.31. The second kappa shape index (κ2) is 11.0. The molecule has 0 spiro atoms. The van der Waals surface area contributed by atoms with Crippen molar-refractivity contribution >= 4 is 9.28 Å². The largest absolute Gasteiger partial charge is 0.396 e. The lowest BCUT2D eigenvalue weighted by Gasteiger charge is -2.25. The van der Waals surface area contributed by atoms with E-state index in [9.17, 15) is 0 Å². The first-order chi connectivity index (χ1) is 8.17. The van der Waals surface area contributed by atoms with Crippen molar-refractivity contribution in [3.05, 3.63) is 12.7 Å². The molecule has 102 valence electrons. The summed E-state index contributed by atoms with van der Waals surface area (Å²) in [6, 6.07) is 0. The van der Waals surface area contributed by atoms with Crippen LogP contribution < -0.4 is 0 Å². The average molecular weight is 258 g/mol. The third-order valence-corrected chi connectivity index (χ3v) is 5.72. The fraction of sp³-hybridized carbons (Fsp3) is 0.857. The maximum atomic E-state index is 5.99. The highest BCUT2D eigenvalue weighted by Gasteiger charge is 2.26. The van der Waals surface area contributed by atoms with Crippen molar-refractivity contribution in [1.29, 1.82) is 0 Å². The SMILES string of the molecule is C=CC(C(C)C)[SiH](OCCCC)OCCCC. The van der Waals surface area contributed by atoms with Crippen LogP contribution in [0.5, 0.6) is 0 Å². The van der Waals surface area contributed by atoms with E-state index in [2.05, 4.69) is 34.3 Å². The van der Waals surface area contributed by atoms with Gasteiger partial charge in [-0.15, -0.1) is 6.58 Å². The quantitative estimate of drug-likeness (QED) is 0.316. The zero-order valence-corrected chi connectivity index (χ0v) is 13.2. The van der Waals surface area contributed by atoms with Crippen molar-refractivity contribution in [1.82, 2.24) is 0 Å². The highest BCUT2D eigenvalue weighted by molar-refractivity contribution is 6.47. The molecule has 0 aliphatic rings. The van der Waals surface area contributed by atoms with Crippen LogP contribution in [-0.2, 0) is 8.85 Å². The first-order valence-corrected chi connectivity index (χ1v) is 8.64. The average Bonchev–Trinajstić information content (AvgIpc) is 2.29. The van der Waals surface area contributed by atoms with Gasteiger partial charge in [0.25, 0.3) is 0 Å². The van der Waals surface area contributed by atoms with Crippen molar-refractivity contribution in [2.45, 2.75) is 58.9 Å². The van der Waals surface area contributed by atoms with Gasteiger partial charge in [-0.1, -0.05) is 46.6 Å². The topological polar surface area (TPSA) is 18.5 Å². The maximum Gasteiger partial charge on any atom is 0.328 e. The Kier molecular flexibility index (Phi) is 10.9. The van der Waals surface area contributed by atoms with E-state index in [0.717, 1.165) is 26.1 Å². The Morgan fingerprint density at radius 2 is 1.53 bits per heavy atom. The predicted molar refractivity (Wildman–Crippen MR) is 77.7 cm³/mol. The molecule has 0 aliphatic heterocycles. The standard InChI is InChI=1S/C14H30O2Si/c1-6-9-11-15-17(16-12-10-7-2)14(8-3)13(4)5/h8,13-14,17H,3,6-7,9-12H2,1-2,4-5H3. The highest BCUT2D eigenvalue weighted by Crippen LogP contribution is 2.24. The highest BCUT2D eigenvalue weighted by atomic mass is 28.3. The summed E-state index contributed by atoms with van der Waals surface area (Å²) in [6.07, 6.45) is 6.64. The number of hydrogen-bond acceptors (Lipinski definition) is 2. The Balaban J connectivity index is 4.20. The molecule has 0 radical (unpaired) electrons. The normalized spacial score (nSPS) is 13.3. The molecule has 0 aromatic heterocycles. The Labute approximate surface area is 109 Å². The van der Waals surface area contributed by atoms with Crippen LogP contribution in [0.2, 0.25) is 5.54 Å². The summed E-state index contributed by atoms with van der Waals surface area (Å²) < 4.78 is 12.0. The fourth-order valence-corrected chi connectivity index (χ4v) is 3.84. The third kappa shape index (κ3) is 7.74. The molecule has 3 heteroatoms. The summed E-state index contributed by atoms with van der Waals surface area (Å²) in [5, 5.41) is 0. The molecule has 1 atom stereocenters. The molecule has 0 heterocycles. The molecule has 2 nitrogen and oxygen atoms in total. The van der Waals surface area contributed by atoms with Crippen LogP contribution in [0.1, 0.15) is 53.4 Å². The van der Waals surface area contributed by atoms with Gasteiger partial charge in [-0.25, -0.2) is 0 Å². The van der Waals surface area contributed by atoms with Gasteiger partial charge in [0.1, 0.15) is 0 Å². The molecule has 0 aromatic carbocycles. The molecule has 1 unspecified atom stereocenters. The van der Waals surface area contributed by atoms with Crippen LogP contribution in [0.15, 0.2) is 12.7 Å². The summed E-state index contributed by atoms with van der Waals surface area (Å²) in [7, 11) is -1.59. The minimum Gasteiger partial charge on any atom is -0.396 e. The van der Waals surface area contributed by atoms with Crippen LogP contribution in [0, 0.1) is 5.92 Å². The predicted octanol–water partition coefficient (Wildman–Crippen LogP) is 4.05. The minimum atomic E-state index is -1.59. The molecule has 0 fully saturated rings. The first kappa shape index (κ1) is 16.9. The van der Waals surface area contributed by atoms with E-state index >= 15 is 0 Å². The van der Waals surface area contributed by atoms with E-state index < -0.39 is 9.28 Å². The van der Waals surface area contributed by atoms with E-state index in [1.54, 1.807) is 0 Å². The zero-order valence-electron chi connectivity index (χ0n) is 12.1. The van der Waals surface area contributed by atoms with Crippen molar-refractivity contribution in [3.8, 4) is 0 Å². The van der Waals surface area contributed by atoms with Crippen LogP contribution in [0.4, 0.5) is 0 Å². The zero-order chi connectivity index (χ0) is 13.1. The summed E-state index contributed by atoms with van der Waals surface area (Å²) in [4.78, 5) is 0. The fourth-order valence-electron chi connectivity index (χ4n) is 1.66. The van der Waals surface area contributed by atoms with E-state index in [0.29, 0.717) is 11.5 Å². The molecule has 0 amide bonds. The third-order valence-electron chi connectivity index (χ3n) is 2.92. The Morgan fingerprint density at radius 3 is 1.82 bits per heavy atom. The van der Waals surface area contributed by atoms with Crippen molar-refractivity contribution in [2.75, 3.05) is 13.2 Å². The molecule has 0 aromatic rings. The lowest BCUT2D eigenvalue weighted by molar-refractivity contribution is 0.181. The Hall–Kier alpha value is -0.123. The molecule has 0 saturated heterocycles. The maximum absolute atomic E-state index is 5.99. The van der Waals surface area contributed by atoms with Gasteiger partial charge in [0.15, 0.2) is 0 Å². The summed E-state index contributed by atoms with van der Waals surface area (Å²) in [5.74, 6) is 0.562. The molecule has 0 aliphatic carbocycles. The summed E-state index contributed by atoms with van der Waals surface area (Å²) in [5.41, 5.74) is 0.420. The van der Waals surface area contributed by atoms with E-state index in [1.807, 2.05) is 6.08 Å². The second-order valence-electron chi connectivity index (χ2n) is 4.87. The molecule has 0 rings (SSSR count). The molecule has 17 heavy (non-hydrogen) atoms. The molecule has 0 bridgehead atoms. The van der Waals surface area contributed by atoms with Crippen molar-refractivity contribution < 1.29 is 8.85 Å². The van der Waals surface area contributed by atoms with Crippen LogP contribution in [0.25, 0.3) is 0 Å². The monoisotopic (exact) mass is 258 g/mol. The lowest BCUT2D eigenvalue weighted by atomic mass is 10.1. The number of unbranched alkanes of at least 4 members (excludes halogenated alkanes) is 2. The molecular weight excluding hydrogens is 228 g/mol. The van der Waals surface area contributed by atoms with Gasteiger partial charge in [0, 0.05) is 18.8 Å². The van der Waals surface area contributed by atoms with E-state index in [-0.39, 0.29) is 0 Å².